The summed E-state index contributed by atoms with van der Waals surface area (Å²) in [5.41, 5.74) is 5.86. The van der Waals surface area contributed by atoms with Crippen LogP contribution in [0.25, 0.3) is 22.3 Å². The summed E-state index contributed by atoms with van der Waals surface area (Å²) >= 11 is 0. The molecule has 0 saturated heterocycles. The molecule has 0 fully saturated rings. The van der Waals surface area contributed by atoms with Gasteiger partial charge in [0.25, 0.3) is 5.56 Å². The predicted molar refractivity (Wildman–Crippen MR) is 133 cm³/mol. The van der Waals surface area contributed by atoms with Gasteiger partial charge in [0.15, 0.2) is 6.10 Å². The van der Waals surface area contributed by atoms with Crippen LogP contribution in [0.1, 0.15) is 59.8 Å². The molecule has 9 heteroatoms. The molecule has 0 amide bonds. The number of hydrogen-bond donors (Lipinski definition) is 2. The number of carbonyl (C=O) groups is 1. The predicted octanol–water partition coefficient (Wildman–Crippen LogP) is 3.52. The van der Waals surface area contributed by atoms with E-state index in [1.165, 1.54) is 6.07 Å². The van der Waals surface area contributed by atoms with Gasteiger partial charge in [-0.05, 0) is 62.0 Å². The first kappa shape index (κ1) is 28.6. The van der Waals surface area contributed by atoms with Crippen LogP contribution in [-0.4, -0.2) is 33.7 Å². The molecule has 1 unspecified atom stereocenters. The van der Waals surface area contributed by atoms with Crippen molar-refractivity contribution in [2.24, 2.45) is 0 Å². The normalized spacial score (nSPS) is 16.5. The fraction of sp³-hybridized carbons (Fsp3) is 0.407. The second-order valence-electron chi connectivity index (χ2n) is 8.95. The number of benzene rings is 1. The van der Waals surface area contributed by atoms with Gasteiger partial charge in [0.2, 0.25) is 0 Å². The molecule has 1 aliphatic carbocycles. The van der Waals surface area contributed by atoms with Gasteiger partial charge < -0.3 is 27.2 Å². The fourth-order valence-corrected chi connectivity index (χ4v) is 5.31. The molecule has 7 nitrogen and oxygen atoms in total. The molecule has 0 saturated carbocycles. The molecule has 189 valence electrons. The van der Waals surface area contributed by atoms with Crippen molar-refractivity contribution in [1.29, 1.82) is 0 Å². The Morgan fingerprint density at radius 1 is 1.14 bits per heavy atom. The number of hydrogen-bond acceptors (Lipinski definition) is 6. The molecule has 4 heterocycles. The van der Waals surface area contributed by atoms with Crippen LogP contribution in [0, 0.1) is 20.2 Å². The Bertz CT molecular complexity index is 1400. The van der Waals surface area contributed by atoms with E-state index in [9.17, 15) is 19.1 Å². The van der Waals surface area contributed by atoms with Crippen molar-refractivity contribution in [3.05, 3.63) is 69.1 Å². The second kappa shape index (κ2) is 11.2. The second-order valence-corrected chi connectivity index (χ2v) is 8.95. The van der Waals surface area contributed by atoms with E-state index in [1.54, 1.807) is 17.6 Å². The number of cyclic esters (lactones) is 1. The van der Waals surface area contributed by atoms with Gasteiger partial charge in [0.1, 0.15) is 12.4 Å². The van der Waals surface area contributed by atoms with Gasteiger partial charge in [0.05, 0.1) is 29.0 Å². The van der Waals surface area contributed by atoms with Gasteiger partial charge in [-0.1, -0.05) is 13.8 Å². The molecule has 3 aliphatic rings. The van der Waals surface area contributed by atoms with E-state index in [1.807, 2.05) is 0 Å². The Hall–Kier alpha value is -2.00. The summed E-state index contributed by atoms with van der Waals surface area (Å²) in [5.74, 6) is -1.03. The van der Waals surface area contributed by atoms with E-state index in [-0.39, 0.29) is 63.7 Å². The van der Waals surface area contributed by atoms with Crippen molar-refractivity contribution in [1.82, 2.24) is 14.9 Å². The van der Waals surface area contributed by atoms with E-state index >= 15 is 0 Å². The number of carbonyl (C=O) groups excluding carboxylic acids is 1. The number of fused-ring (bicyclic) bond motifs is 5. The summed E-state index contributed by atoms with van der Waals surface area (Å²) in [6, 6.07) is 3.13. The summed E-state index contributed by atoms with van der Waals surface area (Å²) < 4.78 is 21.1. The van der Waals surface area contributed by atoms with Crippen LogP contribution < -0.4 is 10.9 Å². The zero-order valence-corrected chi connectivity index (χ0v) is 24.0. The summed E-state index contributed by atoms with van der Waals surface area (Å²) in [7, 11) is 0. The van der Waals surface area contributed by atoms with E-state index in [0.717, 1.165) is 54.4 Å². The number of aryl methyl sites for hydroxylation is 2. The molecule has 3 aromatic rings. The maximum Gasteiger partial charge on any atom is 0.340 e. The van der Waals surface area contributed by atoms with Crippen molar-refractivity contribution < 1.29 is 51.7 Å². The first-order chi connectivity index (χ1) is 16.4. The van der Waals surface area contributed by atoms with Crippen molar-refractivity contribution >= 4 is 16.9 Å². The topological polar surface area (TPSA) is 93.5 Å². The third-order valence-corrected chi connectivity index (χ3v) is 7.04. The Morgan fingerprint density at radius 3 is 2.50 bits per heavy atom. The number of aromatic nitrogens is 2. The SMILES string of the molecule is CCNCC.Cc1c(F)cc2nc3c(c4c2c1CCC4)Cn1c-3cc2c(c1=O)COC(=O)C2O.[CH3-].[Y]. The minimum absolute atomic E-state index is 0. The zero-order valence-electron chi connectivity index (χ0n) is 21.2. The Labute approximate surface area is 235 Å². The first-order valence-electron chi connectivity index (χ1n) is 11.8. The number of ether oxygens (including phenoxy) is 1. The van der Waals surface area contributed by atoms with Crippen LogP contribution >= 0.6 is 0 Å². The van der Waals surface area contributed by atoms with Gasteiger partial charge in [0, 0.05) is 55.3 Å². The average Bonchev–Trinajstić information content (AvgIpc) is 3.20. The standard InChI is InChI=1S/C22H17FN2O4.C4H11N.CH3.Y/c1-9-10-3-2-4-11-13-7-25-17(19(13)24-16(18(10)11)6-15(9)23)5-12-14(21(25)27)8-29-22(28)20(12)26;1-3-5-4-2;;/h5-6,20,26H,2-4,7-8H2,1H3;5H,3-4H2,1-2H3;1H3;/q;;-1;. The molecular weight excluding hydrogens is 538 g/mol. The number of pyridine rings is 2. The van der Waals surface area contributed by atoms with Crippen LogP contribution in [-0.2, 0) is 68.2 Å². The number of halogens is 1. The molecule has 6 rings (SSSR count). The van der Waals surface area contributed by atoms with E-state index < -0.39 is 12.1 Å². The molecule has 0 spiro atoms. The number of aliphatic hydroxyl groups excluding tert-OH is 1. The molecular formula is C27H31FN3O4Y-. The number of esters is 1. The summed E-state index contributed by atoms with van der Waals surface area (Å²) in [6.45, 7) is 8.44. The summed E-state index contributed by atoms with van der Waals surface area (Å²) in [4.78, 5) is 29.6. The maximum absolute atomic E-state index is 14.5. The van der Waals surface area contributed by atoms with Crippen LogP contribution in [0.5, 0.6) is 0 Å². The third kappa shape index (κ3) is 4.47. The Balaban J connectivity index is 0.000000474. The van der Waals surface area contributed by atoms with Gasteiger partial charge in [-0.15, -0.1) is 0 Å². The first-order valence-corrected chi connectivity index (χ1v) is 11.8. The third-order valence-electron chi connectivity index (χ3n) is 7.04. The van der Waals surface area contributed by atoms with E-state index in [4.69, 9.17) is 9.72 Å². The molecule has 2 N–H and O–H groups in total. The summed E-state index contributed by atoms with van der Waals surface area (Å²) in [5, 5.41) is 14.3. The fourth-order valence-electron chi connectivity index (χ4n) is 5.31. The van der Waals surface area contributed by atoms with Gasteiger partial charge >= 0.3 is 5.97 Å². The Morgan fingerprint density at radius 2 is 1.83 bits per heavy atom. The number of nitrogens with zero attached hydrogens (tertiary/aromatic N) is 2. The van der Waals surface area contributed by atoms with Crippen molar-refractivity contribution in [2.45, 2.75) is 59.3 Å². The van der Waals surface area contributed by atoms with Crippen molar-refractivity contribution in [3.8, 4) is 11.4 Å². The number of rotatable bonds is 2. The maximum atomic E-state index is 14.5. The average molecular weight is 569 g/mol. The van der Waals surface area contributed by atoms with Crippen molar-refractivity contribution in [3.63, 3.8) is 0 Å². The van der Waals surface area contributed by atoms with Gasteiger partial charge in [-0.3, -0.25) is 4.79 Å². The molecule has 1 aromatic carbocycles. The largest absolute Gasteiger partial charge is 0.458 e. The minimum atomic E-state index is -1.48. The number of nitrogens with one attached hydrogen (secondary N) is 1. The molecule has 1 atom stereocenters. The van der Waals surface area contributed by atoms with Crippen molar-refractivity contribution in [2.75, 3.05) is 13.1 Å². The van der Waals surface area contributed by atoms with Crippen LogP contribution in [0.3, 0.4) is 0 Å². The molecule has 2 aliphatic heterocycles. The quantitative estimate of drug-likeness (QED) is 0.284. The minimum Gasteiger partial charge on any atom is -0.458 e. The molecule has 36 heavy (non-hydrogen) atoms. The van der Waals surface area contributed by atoms with Crippen LogP contribution in [0.4, 0.5) is 4.39 Å². The zero-order chi connectivity index (χ0) is 24.1. The van der Waals surface area contributed by atoms with E-state index in [2.05, 4.69) is 19.2 Å². The monoisotopic (exact) mass is 569 g/mol. The van der Waals surface area contributed by atoms with Gasteiger partial charge in [-0.25, -0.2) is 14.2 Å². The summed E-state index contributed by atoms with van der Waals surface area (Å²) in [6.07, 6.45) is 1.12. The van der Waals surface area contributed by atoms with Crippen LogP contribution in [0.15, 0.2) is 16.9 Å². The molecule has 0 bridgehead atoms. The Kier molecular flexibility index (Phi) is 8.87. The molecule has 2 aromatic heterocycles. The molecule has 1 radical (unpaired) electrons. The van der Waals surface area contributed by atoms with E-state index in [0.29, 0.717) is 34.6 Å². The number of aliphatic hydroxyl groups is 1. The smallest absolute Gasteiger partial charge is 0.340 e. The van der Waals surface area contributed by atoms with Crippen LogP contribution in [0.2, 0.25) is 0 Å². The van der Waals surface area contributed by atoms with Gasteiger partial charge in [-0.2, -0.15) is 0 Å².